The monoisotopic (exact) mass is 498 g/mol. The van der Waals surface area contributed by atoms with Crippen molar-refractivity contribution in [2.45, 2.75) is 28.8 Å². The van der Waals surface area contributed by atoms with Gasteiger partial charge in [-0.1, -0.05) is 23.1 Å². The lowest BCUT2D eigenvalue weighted by Gasteiger charge is -2.55. The number of nitrogens with zero attached hydrogens (tertiary/aromatic N) is 3. The second kappa shape index (κ2) is 8.90. The molecular formula is C18H18N4O5S4. The molecule has 2 amide bonds. The lowest BCUT2D eigenvalue weighted by Crippen LogP contribution is -2.80. The third kappa shape index (κ3) is 4.12. The lowest BCUT2D eigenvalue weighted by molar-refractivity contribution is -0.192. The molecule has 0 radical (unpaired) electrons. The smallest absolute Gasteiger partial charge is 0.352 e. The number of hydrogen-bond acceptors (Lipinski definition) is 10. The topological polar surface area (TPSA) is 122 Å². The molecule has 2 N–H and O–H groups in total. The molecule has 2 aromatic heterocycles. The number of nitrogens with one attached hydrogen (secondary N) is 1. The van der Waals surface area contributed by atoms with Crippen LogP contribution in [0.5, 0.6) is 0 Å². The van der Waals surface area contributed by atoms with Crippen molar-refractivity contribution >= 4 is 64.0 Å². The Bertz CT molecular complexity index is 1050. The van der Waals surface area contributed by atoms with Gasteiger partial charge in [-0.25, -0.2) is 4.79 Å². The van der Waals surface area contributed by atoms with Crippen molar-refractivity contribution in [1.82, 2.24) is 20.4 Å². The van der Waals surface area contributed by atoms with Crippen LogP contribution in [0.2, 0.25) is 0 Å². The Hall–Kier alpha value is -1.93. The number of carboxylic acid groups (broad SMARTS) is 1. The van der Waals surface area contributed by atoms with Gasteiger partial charge >= 0.3 is 5.97 Å². The van der Waals surface area contributed by atoms with Crippen molar-refractivity contribution < 1.29 is 24.2 Å². The number of carboxylic acids is 1. The van der Waals surface area contributed by atoms with Crippen LogP contribution in [0.1, 0.15) is 10.6 Å². The van der Waals surface area contributed by atoms with E-state index in [1.165, 1.54) is 58.2 Å². The molecule has 0 bridgehead atoms. The summed E-state index contributed by atoms with van der Waals surface area (Å²) in [7, 11) is 1.34. The molecule has 1 fully saturated rings. The molecule has 31 heavy (non-hydrogen) atoms. The fraction of sp³-hybridized carbons (Fsp3) is 0.389. The third-order valence-corrected chi connectivity index (χ3v) is 8.95. The van der Waals surface area contributed by atoms with Crippen LogP contribution in [-0.2, 0) is 25.5 Å². The molecule has 0 aliphatic carbocycles. The standard InChI is InChI=1S/C18H18N4O5S4/c1-9-20-21-17(31-9)30-8-11-7-29-16-18(27-2,15(26)22(16)13(11)14(24)25)19-12(23)5-10-3-4-28-6-10/h3-4,6,16H,5,7-8H2,1-2H3,(H,19,23)(H,24,25)/t16-,18?/m1/s1. The molecule has 0 saturated carbocycles. The van der Waals surface area contributed by atoms with Gasteiger partial charge in [-0.2, -0.15) is 11.3 Å². The first-order valence-electron chi connectivity index (χ1n) is 9.06. The molecule has 9 nitrogen and oxygen atoms in total. The van der Waals surface area contributed by atoms with Crippen LogP contribution >= 0.6 is 46.2 Å². The zero-order chi connectivity index (χ0) is 22.2. The van der Waals surface area contributed by atoms with Gasteiger partial charge in [0.2, 0.25) is 5.91 Å². The van der Waals surface area contributed by atoms with E-state index in [0.717, 1.165) is 14.9 Å². The zero-order valence-corrected chi connectivity index (χ0v) is 19.8. The summed E-state index contributed by atoms with van der Waals surface area (Å²) in [6.07, 6.45) is 0.115. The average Bonchev–Trinajstić information content (AvgIpc) is 3.40. The minimum absolute atomic E-state index is 0.0535. The average molecular weight is 499 g/mol. The SMILES string of the molecule is COC1(NC(=O)Cc2ccsc2)C(=O)N2C(C(=O)O)=C(CSc3nnc(C)s3)CS[C@@H]21. The van der Waals surface area contributed by atoms with Gasteiger partial charge in [0.25, 0.3) is 11.6 Å². The lowest BCUT2D eigenvalue weighted by atomic mass is 9.98. The number of aryl methyl sites for hydroxylation is 1. The van der Waals surface area contributed by atoms with Gasteiger partial charge in [-0.3, -0.25) is 14.5 Å². The van der Waals surface area contributed by atoms with Crippen LogP contribution in [0.3, 0.4) is 0 Å². The van der Waals surface area contributed by atoms with E-state index in [9.17, 15) is 19.5 Å². The van der Waals surface area contributed by atoms with E-state index < -0.39 is 23.0 Å². The summed E-state index contributed by atoms with van der Waals surface area (Å²) in [5.41, 5.74) is -0.171. The Morgan fingerprint density at radius 2 is 2.26 bits per heavy atom. The maximum atomic E-state index is 13.1. The first-order chi connectivity index (χ1) is 14.9. The molecule has 4 heterocycles. The van der Waals surface area contributed by atoms with Crippen molar-refractivity contribution in [3.63, 3.8) is 0 Å². The van der Waals surface area contributed by atoms with E-state index in [4.69, 9.17) is 4.74 Å². The van der Waals surface area contributed by atoms with E-state index in [1.54, 1.807) is 0 Å². The van der Waals surface area contributed by atoms with Crippen LogP contribution in [-0.4, -0.2) is 67.7 Å². The molecule has 2 aliphatic heterocycles. The van der Waals surface area contributed by atoms with Crippen molar-refractivity contribution in [2.24, 2.45) is 0 Å². The van der Waals surface area contributed by atoms with Crippen LogP contribution in [0.25, 0.3) is 0 Å². The highest BCUT2D eigenvalue weighted by Gasteiger charge is 2.66. The number of thiophene rings is 1. The number of ether oxygens (including phenoxy) is 1. The summed E-state index contributed by atoms with van der Waals surface area (Å²) >= 11 is 5.67. The van der Waals surface area contributed by atoms with E-state index in [-0.39, 0.29) is 18.0 Å². The highest BCUT2D eigenvalue weighted by Crippen LogP contribution is 2.47. The van der Waals surface area contributed by atoms with Crippen molar-refractivity contribution in [3.05, 3.63) is 38.7 Å². The van der Waals surface area contributed by atoms with Gasteiger partial charge in [0.05, 0.1) is 6.42 Å². The molecule has 1 unspecified atom stereocenters. The number of aromatic nitrogens is 2. The maximum absolute atomic E-state index is 13.1. The number of carbonyl (C=O) groups is 3. The third-order valence-electron chi connectivity index (χ3n) is 4.78. The number of β-lactam (4-membered cyclic amide) rings is 1. The Kier molecular flexibility index (Phi) is 6.40. The largest absolute Gasteiger partial charge is 0.477 e. The van der Waals surface area contributed by atoms with Gasteiger partial charge in [0.15, 0.2) is 4.34 Å². The summed E-state index contributed by atoms with van der Waals surface area (Å²) in [6, 6.07) is 1.84. The second-order valence-electron chi connectivity index (χ2n) is 6.77. The Balaban J connectivity index is 1.52. The summed E-state index contributed by atoms with van der Waals surface area (Å²) < 4.78 is 6.20. The van der Waals surface area contributed by atoms with Crippen molar-refractivity contribution in [3.8, 4) is 0 Å². The number of hydrogen-bond donors (Lipinski definition) is 2. The Morgan fingerprint density at radius 1 is 1.45 bits per heavy atom. The van der Waals surface area contributed by atoms with E-state index >= 15 is 0 Å². The molecule has 164 valence electrons. The molecule has 0 spiro atoms. The van der Waals surface area contributed by atoms with Gasteiger partial charge in [-0.05, 0) is 34.9 Å². The zero-order valence-electron chi connectivity index (χ0n) is 16.5. The molecule has 2 atom stereocenters. The van der Waals surface area contributed by atoms with Crippen LogP contribution in [0, 0.1) is 6.92 Å². The predicted molar refractivity (Wildman–Crippen MR) is 119 cm³/mol. The number of thioether (sulfide) groups is 2. The minimum Gasteiger partial charge on any atom is -0.477 e. The molecular weight excluding hydrogens is 480 g/mol. The van der Waals surface area contributed by atoms with Crippen molar-refractivity contribution in [1.29, 1.82) is 0 Å². The van der Waals surface area contributed by atoms with E-state index in [2.05, 4.69) is 15.5 Å². The summed E-state index contributed by atoms with van der Waals surface area (Å²) in [5.74, 6) is -1.35. The van der Waals surface area contributed by atoms with Gasteiger partial charge < -0.3 is 15.2 Å². The molecule has 4 rings (SSSR count). The van der Waals surface area contributed by atoms with Gasteiger partial charge in [0, 0.05) is 18.6 Å². The van der Waals surface area contributed by atoms with E-state index in [1.807, 2.05) is 23.8 Å². The van der Waals surface area contributed by atoms with Gasteiger partial charge in [0.1, 0.15) is 16.1 Å². The van der Waals surface area contributed by atoms with Crippen LogP contribution < -0.4 is 5.32 Å². The summed E-state index contributed by atoms with van der Waals surface area (Å²) in [5, 5.41) is 24.4. The Labute approximate surface area is 194 Å². The fourth-order valence-corrected chi connectivity index (χ4v) is 7.43. The fourth-order valence-electron chi connectivity index (χ4n) is 3.37. The highest BCUT2D eigenvalue weighted by molar-refractivity contribution is 8.01. The van der Waals surface area contributed by atoms with Crippen LogP contribution in [0.4, 0.5) is 0 Å². The second-order valence-corrected chi connectivity index (χ2v) is 11.0. The summed E-state index contributed by atoms with van der Waals surface area (Å²) in [6.45, 7) is 1.85. The van der Waals surface area contributed by atoms with Gasteiger partial charge in [-0.15, -0.1) is 22.0 Å². The normalized spacial score (nSPS) is 22.8. The number of rotatable bonds is 8. The maximum Gasteiger partial charge on any atom is 0.352 e. The highest BCUT2D eigenvalue weighted by atomic mass is 32.2. The van der Waals surface area contributed by atoms with E-state index in [0.29, 0.717) is 17.1 Å². The number of fused-ring (bicyclic) bond motifs is 1. The number of aliphatic carboxylic acids is 1. The minimum atomic E-state index is -1.58. The number of methoxy groups -OCH3 is 1. The quantitative estimate of drug-likeness (QED) is 0.319. The predicted octanol–water partition coefficient (Wildman–Crippen LogP) is 1.96. The van der Waals surface area contributed by atoms with Crippen molar-refractivity contribution in [2.75, 3.05) is 18.6 Å². The Morgan fingerprint density at radius 3 is 2.87 bits per heavy atom. The first kappa shape index (κ1) is 22.3. The molecule has 13 heteroatoms. The molecule has 2 aliphatic rings. The number of amides is 2. The van der Waals surface area contributed by atoms with Crippen LogP contribution in [0.15, 0.2) is 32.4 Å². The molecule has 2 aromatic rings. The summed E-state index contributed by atoms with van der Waals surface area (Å²) in [4.78, 5) is 38.8. The molecule has 0 aromatic carbocycles. The first-order valence-corrected chi connectivity index (χ1v) is 12.9. The number of carbonyl (C=O) groups excluding carboxylic acids is 2. The molecule has 1 saturated heterocycles.